The number of carboxylic acid groups (broad SMARTS) is 2. The van der Waals surface area contributed by atoms with E-state index in [-0.39, 0.29) is 18.3 Å². The minimum atomic E-state index is -0.741. The fraction of sp³-hybridized carbons (Fsp3) is 0.846. The highest BCUT2D eigenvalue weighted by Gasteiger charge is 1.99. The lowest BCUT2D eigenvalue weighted by atomic mass is 10.1. The molecule has 0 bridgehead atoms. The minimum absolute atomic E-state index is 0.231. The molecule has 0 aromatic heterocycles. The monoisotopic (exact) mass is 248 g/mol. The van der Waals surface area contributed by atoms with Crippen molar-refractivity contribution in [2.45, 2.75) is 54.9 Å². The fourth-order valence-electron chi connectivity index (χ4n) is 0.349. The number of carboxylic acids is 2. The average Bonchev–Trinajstić information content (AvgIpc) is 2.00. The highest BCUT2D eigenvalue weighted by Crippen LogP contribution is 1.96. The van der Waals surface area contributed by atoms with Gasteiger partial charge in [-0.2, -0.15) is 0 Å². The largest absolute Gasteiger partial charge is 0.481 e. The summed E-state index contributed by atoms with van der Waals surface area (Å²) in [6.45, 7) is 13.5. The van der Waals surface area contributed by atoms with Gasteiger partial charge in [-0.15, -0.1) is 0 Å². The average molecular weight is 248 g/mol. The summed E-state index contributed by atoms with van der Waals surface area (Å²) in [5.74, 6) is -0.576. The lowest BCUT2D eigenvalue weighted by Crippen LogP contribution is -2.03. The third-order valence-corrected chi connectivity index (χ3v) is 1.08. The van der Waals surface area contributed by atoms with Gasteiger partial charge in [-0.1, -0.05) is 48.5 Å². The molecule has 0 aliphatic heterocycles. The molecule has 17 heavy (non-hydrogen) atoms. The van der Waals surface area contributed by atoms with Gasteiger partial charge in [0.15, 0.2) is 0 Å². The van der Waals surface area contributed by atoms with Crippen LogP contribution in [0.15, 0.2) is 0 Å². The van der Waals surface area contributed by atoms with Gasteiger partial charge in [-0.25, -0.2) is 0 Å². The van der Waals surface area contributed by atoms with Crippen molar-refractivity contribution < 1.29 is 19.8 Å². The lowest BCUT2D eigenvalue weighted by Gasteiger charge is -1.94. The summed E-state index contributed by atoms with van der Waals surface area (Å²) in [5, 5.41) is 16.1. The van der Waals surface area contributed by atoms with Gasteiger partial charge in [-0.3, -0.25) is 9.59 Å². The molecule has 0 amide bonds. The first-order valence-corrected chi connectivity index (χ1v) is 5.95. The molecule has 0 spiro atoms. The highest BCUT2D eigenvalue weighted by molar-refractivity contribution is 5.68. The highest BCUT2D eigenvalue weighted by atomic mass is 16.4. The van der Waals surface area contributed by atoms with Crippen LogP contribution >= 0.6 is 0 Å². The molecule has 0 fully saturated rings. The molecule has 0 radical (unpaired) electrons. The smallest absolute Gasteiger partial charge is 0.305 e. The van der Waals surface area contributed by atoms with Gasteiger partial charge in [0.2, 0.25) is 0 Å². The summed E-state index contributed by atoms with van der Waals surface area (Å²) in [7, 11) is 0. The Morgan fingerprint density at radius 1 is 0.882 bits per heavy atom. The summed E-state index contributed by atoms with van der Waals surface area (Å²) in [6, 6.07) is 0. The van der Waals surface area contributed by atoms with Crippen LogP contribution in [0.5, 0.6) is 0 Å². The van der Waals surface area contributed by atoms with Crippen molar-refractivity contribution in [1.82, 2.24) is 0 Å². The van der Waals surface area contributed by atoms with Crippen LogP contribution in [0.3, 0.4) is 0 Å². The lowest BCUT2D eigenvalue weighted by molar-refractivity contribution is -0.140. The Labute approximate surface area is 105 Å². The van der Waals surface area contributed by atoms with E-state index in [4.69, 9.17) is 10.2 Å². The molecule has 0 saturated carbocycles. The second-order valence-corrected chi connectivity index (χ2v) is 5.22. The van der Waals surface area contributed by atoms with E-state index >= 15 is 0 Å². The molecule has 0 atom stereocenters. The Morgan fingerprint density at radius 3 is 1.12 bits per heavy atom. The molecule has 0 aliphatic rings. The third-order valence-electron chi connectivity index (χ3n) is 1.08. The van der Waals surface area contributed by atoms with E-state index < -0.39 is 11.9 Å². The molecular formula is C13H28O4. The molecule has 2 N–H and O–H groups in total. The van der Waals surface area contributed by atoms with Gasteiger partial charge in [0.25, 0.3) is 0 Å². The minimum Gasteiger partial charge on any atom is -0.481 e. The van der Waals surface area contributed by atoms with E-state index in [1.54, 1.807) is 13.8 Å². The second kappa shape index (κ2) is 13.0. The molecule has 4 nitrogen and oxygen atoms in total. The van der Waals surface area contributed by atoms with Crippen LogP contribution in [0.4, 0.5) is 0 Å². The maximum Gasteiger partial charge on any atom is 0.305 e. The van der Waals surface area contributed by atoms with E-state index in [0.29, 0.717) is 0 Å². The van der Waals surface area contributed by atoms with E-state index in [9.17, 15) is 9.59 Å². The van der Waals surface area contributed by atoms with Crippen molar-refractivity contribution in [3.05, 3.63) is 0 Å². The van der Waals surface area contributed by atoms with Gasteiger partial charge < -0.3 is 10.2 Å². The van der Waals surface area contributed by atoms with Crippen molar-refractivity contribution in [3.8, 4) is 0 Å². The molecule has 0 saturated heterocycles. The summed E-state index contributed by atoms with van der Waals surface area (Å²) < 4.78 is 0. The first kappa shape index (κ1) is 21.2. The summed E-state index contributed by atoms with van der Waals surface area (Å²) in [4.78, 5) is 19.5. The van der Waals surface area contributed by atoms with Gasteiger partial charge >= 0.3 is 11.9 Å². The zero-order valence-electron chi connectivity index (χ0n) is 12.2. The quantitative estimate of drug-likeness (QED) is 0.801. The molecule has 0 aromatic rings. The second-order valence-electron chi connectivity index (χ2n) is 5.22. The van der Waals surface area contributed by atoms with E-state index in [1.165, 1.54) is 0 Å². The molecule has 4 heteroatoms. The summed E-state index contributed by atoms with van der Waals surface area (Å²) >= 11 is 0. The third kappa shape index (κ3) is 51.9. The Balaban J connectivity index is -0.000000180. The standard InChI is InChI=1S/C5H10O2.C4H8O2.C4H10/c1-4(2)3-5(6)7;1-3(2)4(5)6;1-4(2)3/h4H,3H2,1-2H3,(H,6,7);3H,1-2H3,(H,5,6);4H,1-3H3. The van der Waals surface area contributed by atoms with Crippen molar-refractivity contribution in [3.63, 3.8) is 0 Å². The van der Waals surface area contributed by atoms with Crippen LogP contribution in [0.25, 0.3) is 0 Å². The Bertz CT molecular complexity index is 193. The van der Waals surface area contributed by atoms with Crippen LogP contribution in [0.2, 0.25) is 0 Å². The predicted molar refractivity (Wildman–Crippen MR) is 70.1 cm³/mol. The molecule has 0 heterocycles. The van der Waals surface area contributed by atoms with E-state index in [0.717, 1.165) is 5.92 Å². The van der Waals surface area contributed by atoms with Gasteiger partial charge in [-0.05, 0) is 11.8 Å². The van der Waals surface area contributed by atoms with Crippen molar-refractivity contribution in [2.24, 2.45) is 17.8 Å². The Morgan fingerprint density at radius 2 is 1.12 bits per heavy atom. The first-order chi connectivity index (χ1) is 7.50. The molecule has 0 rings (SSSR count). The first-order valence-electron chi connectivity index (χ1n) is 5.95. The maximum absolute atomic E-state index is 9.81. The maximum atomic E-state index is 9.81. The number of aliphatic carboxylic acids is 2. The van der Waals surface area contributed by atoms with Crippen LogP contribution in [-0.2, 0) is 9.59 Å². The number of hydrogen-bond donors (Lipinski definition) is 2. The zero-order valence-corrected chi connectivity index (χ0v) is 12.2. The number of rotatable bonds is 3. The zero-order chi connectivity index (χ0) is 14.6. The van der Waals surface area contributed by atoms with Gasteiger partial charge in [0, 0.05) is 6.42 Å². The van der Waals surface area contributed by atoms with Gasteiger partial charge in [0.05, 0.1) is 5.92 Å². The van der Waals surface area contributed by atoms with Crippen molar-refractivity contribution >= 4 is 11.9 Å². The Hall–Kier alpha value is -1.06. The molecule has 104 valence electrons. The van der Waals surface area contributed by atoms with Gasteiger partial charge in [0.1, 0.15) is 0 Å². The molecule has 0 unspecified atom stereocenters. The predicted octanol–water partition coefficient (Wildman–Crippen LogP) is 3.51. The number of hydrogen-bond acceptors (Lipinski definition) is 2. The number of carbonyl (C=O) groups is 2. The SMILES string of the molecule is CC(C)C.CC(C)C(=O)O.CC(C)CC(=O)O. The normalized spacial score (nSPS) is 9.29. The summed E-state index contributed by atoms with van der Waals surface area (Å²) in [5.41, 5.74) is 0. The molecular weight excluding hydrogens is 220 g/mol. The Kier molecular flexibility index (Phi) is 16.3. The topological polar surface area (TPSA) is 74.6 Å². The molecule has 0 aliphatic carbocycles. The van der Waals surface area contributed by atoms with E-state index in [2.05, 4.69) is 20.8 Å². The molecule has 0 aromatic carbocycles. The van der Waals surface area contributed by atoms with Crippen molar-refractivity contribution in [1.29, 1.82) is 0 Å². The fourth-order valence-corrected chi connectivity index (χ4v) is 0.349. The van der Waals surface area contributed by atoms with Crippen LogP contribution in [0, 0.1) is 17.8 Å². The van der Waals surface area contributed by atoms with Crippen LogP contribution in [0.1, 0.15) is 54.9 Å². The van der Waals surface area contributed by atoms with Crippen LogP contribution in [-0.4, -0.2) is 22.2 Å². The summed E-state index contributed by atoms with van der Waals surface area (Å²) in [6.07, 6.45) is 0.278. The van der Waals surface area contributed by atoms with Crippen LogP contribution < -0.4 is 0 Å². The van der Waals surface area contributed by atoms with Crippen molar-refractivity contribution in [2.75, 3.05) is 0 Å². The van der Waals surface area contributed by atoms with E-state index in [1.807, 2.05) is 13.8 Å².